The van der Waals surface area contributed by atoms with E-state index in [1.165, 1.54) is 0 Å². The summed E-state index contributed by atoms with van der Waals surface area (Å²) in [6.07, 6.45) is 1.89. The molecule has 0 saturated carbocycles. The molecule has 1 fully saturated rings. The van der Waals surface area contributed by atoms with Crippen LogP contribution in [0.4, 0.5) is 0 Å². The van der Waals surface area contributed by atoms with Crippen molar-refractivity contribution in [2.45, 2.75) is 17.7 Å². The maximum atomic E-state index is 12.0. The second-order valence-corrected chi connectivity index (χ2v) is 7.47. The zero-order valence-electron chi connectivity index (χ0n) is 10.5. The summed E-state index contributed by atoms with van der Waals surface area (Å²) in [5.74, 6) is 0.153. The van der Waals surface area contributed by atoms with Crippen LogP contribution in [-0.4, -0.2) is 34.2 Å². The van der Waals surface area contributed by atoms with E-state index in [1.54, 1.807) is 24.3 Å². The largest absolute Gasteiger partial charge is 0.381 e. The number of halogens is 1. The molecular weight excluding hydrogens is 332 g/mol. The smallest absolute Gasteiger partial charge is 0.202 e. The van der Waals surface area contributed by atoms with Crippen LogP contribution in [0.2, 0.25) is 0 Å². The van der Waals surface area contributed by atoms with Crippen molar-refractivity contribution in [3.8, 4) is 0 Å². The molecular formula is C13H17BrO4S. The van der Waals surface area contributed by atoms with E-state index in [2.05, 4.69) is 15.9 Å². The number of sulfone groups is 1. The van der Waals surface area contributed by atoms with E-state index in [0.717, 1.165) is 30.5 Å². The van der Waals surface area contributed by atoms with Crippen molar-refractivity contribution in [2.24, 2.45) is 5.92 Å². The van der Waals surface area contributed by atoms with Crippen LogP contribution in [0, 0.1) is 5.92 Å². The Morgan fingerprint density at radius 3 is 2.47 bits per heavy atom. The van der Waals surface area contributed by atoms with Gasteiger partial charge in [-0.15, -0.1) is 0 Å². The number of hydrogen-bond donors (Lipinski definition) is 0. The van der Waals surface area contributed by atoms with Crippen LogP contribution < -0.4 is 0 Å². The van der Waals surface area contributed by atoms with Gasteiger partial charge in [0.05, 0.1) is 11.5 Å². The molecule has 1 heterocycles. The van der Waals surface area contributed by atoms with E-state index < -0.39 is 9.84 Å². The summed E-state index contributed by atoms with van der Waals surface area (Å²) in [6.45, 7) is 1.97. The van der Waals surface area contributed by atoms with Crippen molar-refractivity contribution < 1.29 is 17.9 Å². The number of benzene rings is 1. The molecule has 1 aliphatic heterocycles. The predicted octanol–water partition coefficient (Wildman–Crippen LogP) is 2.62. The van der Waals surface area contributed by atoms with Crippen molar-refractivity contribution in [2.75, 3.05) is 25.8 Å². The maximum absolute atomic E-state index is 12.0. The molecule has 0 aromatic heterocycles. The van der Waals surface area contributed by atoms with E-state index in [1.807, 2.05) is 0 Å². The van der Waals surface area contributed by atoms with E-state index in [4.69, 9.17) is 9.47 Å². The summed E-state index contributed by atoms with van der Waals surface area (Å²) < 4.78 is 35.5. The van der Waals surface area contributed by atoms with Crippen LogP contribution in [0.1, 0.15) is 12.8 Å². The van der Waals surface area contributed by atoms with Gasteiger partial charge in [0, 0.05) is 17.7 Å². The Labute approximate surface area is 122 Å². The SMILES string of the molecule is O=S(=O)(COCC1CCOCC1)c1ccc(Br)cc1. The average Bonchev–Trinajstić information content (AvgIpc) is 2.40. The summed E-state index contributed by atoms with van der Waals surface area (Å²) in [6, 6.07) is 6.59. The number of hydrogen-bond acceptors (Lipinski definition) is 4. The number of ether oxygens (including phenoxy) is 2. The quantitative estimate of drug-likeness (QED) is 0.820. The van der Waals surface area contributed by atoms with Crippen LogP contribution in [0.5, 0.6) is 0 Å². The van der Waals surface area contributed by atoms with Gasteiger partial charge in [-0.3, -0.25) is 0 Å². The third kappa shape index (κ3) is 4.56. The first-order chi connectivity index (χ1) is 9.08. The molecule has 0 aliphatic carbocycles. The van der Waals surface area contributed by atoms with Gasteiger partial charge in [0.15, 0.2) is 5.94 Å². The summed E-state index contributed by atoms with van der Waals surface area (Å²) in [4.78, 5) is 0.294. The van der Waals surface area contributed by atoms with E-state index in [-0.39, 0.29) is 5.94 Å². The van der Waals surface area contributed by atoms with Crippen molar-refractivity contribution >= 4 is 25.8 Å². The van der Waals surface area contributed by atoms with Crippen LogP contribution >= 0.6 is 15.9 Å². The van der Waals surface area contributed by atoms with Gasteiger partial charge >= 0.3 is 0 Å². The minimum Gasteiger partial charge on any atom is -0.381 e. The fourth-order valence-electron chi connectivity index (χ4n) is 1.95. The first kappa shape index (κ1) is 15.0. The molecule has 106 valence electrons. The van der Waals surface area contributed by atoms with Crippen LogP contribution in [-0.2, 0) is 19.3 Å². The van der Waals surface area contributed by atoms with Crippen molar-refractivity contribution in [3.63, 3.8) is 0 Å². The summed E-state index contributed by atoms with van der Waals surface area (Å²) in [5, 5.41) is 0. The average molecular weight is 349 g/mol. The van der Waals surface area contributed by atoms with Gasteiger partial charge in [-0.05, 0) is 43.0 Å². The third-order valence-corrected chi connectivity index (χ3v) is 5.10. The molecule has 0 unspecified atom stereocenters. The molecule has 1 aliphatic rings. The molecule has 0 atom stereocenters. The van der Waals surface area contributed by atoms with E-state index in [0.29, 0.717) is 17.4 Å². The topological polar surface area (TPSA) is 52.6 Å². The molecule has 0 radical (unpaired) electrons. The lowest BCUT2D eigenvalue weighted by molar-refractivity contribution is 0.0305. The molecule has 2 rings (SSSR count). The van der Waals surface area contributed by atoms with Gasteiger partial charge in [-0.2, -0.15) is 0 Å². The number of rotatable bonds is 5. The summed E-state index contributed by atoms with van der Waals surface area (Å²) >= 11 is 3.28. The van der Waals surface area contributed by atoms with Crippen LogP contribution in [0.25, 0.3) is 0 Å². The highest BCUT2D eigenvalue weighted by atomic mass is 79.9. The van der Waals surface area contributed by atoms with Gasteiger partial charge in [-0.25, -0.2) is 8.42 Å². The van der Waals surface area contributed by atoms with Crippen molar-refractivity contribution in [3.05, 3.63) is 28.7 Å². The Morgan fingerprint density at radius 1 is 1.21 bits per heavy atom. The normalized spacial score (nSPS) is 17.5. The molecule has 0 spiro atoms. The molecule has 0 bridgehead atoms. The van der Waals surface area contributed by atoms with Gasteiger partial charge < -0.3 is 9.47 Å². The highest BCUT2D eigenvalue weighted by Gasteiger charge is 2.18. The second-order valence-electron chi connectivity index (χ2n) is 4.61. The fraction of sp³-hybridized carbons (Fsp3) is 0.538. The lowest BCUT2D eigenvalue weighted by Gasteiger charge is -2.21. The Kier molecular flexibility index (Phi) is 5.38. The zero-order valence-corrected chi connectivity index (χ0v) is 13.0. The van der Waals surface area contributed by atoms with Crippen molar-refractivity contribution in [1.29, 1.82) is 0 Å². The van der Waals surface area contributed by atoms with Crippen LogP contribution in [0.3, 0.4) is 0 Å². The fourth-order valence-corrected chi connectivity index (χ4v) is 3.21. The first-order valence-corrected chi connectivity index (χ1v) is 8.66. The Morgan fingerprint density at radius 2 is 1.84 bits per heavy atom. The molecule has 1 aromatic carbocycles. The summed E-state index contributed by atoms with van der Waals surface area (Å²) in [7, 11) is -3.35. The lowest BCUT2D eigenvalue weighted by atomic mass is 10.0. The monoisotopic (exact) mass is 348 g/mol. The van der Waals surface area contributed by atoms with Gasteiger partial charge in [0.2, 0.25) is 9.84 Å². The molecule has 19 heavy (non-hydrogen) atoms. The van der Waals surface area contributed by atoms with E-state index >= 15 is 0 Å². The minimum atomic E-state index is -3.35. The van der Waals surface area contributed by atoms with Crippen LogP contribution in [0.15, 0.2) is 33.6 Å². The lowest BCUT2D eigenvalue weighted by Crippen LogP contribution is -2.22. The highest BCUT2D eigenvalue weighted by molar-refractivity contribution is 9.10. The molecule has 1 saturated heterocycles. The van der Waals surface area contributed by atoms with E-state index in [9.17, 15) is 8.42 Å². The Hall–Kier alpha value is -0.430. The first-order valence-electron chi connectivity index (χ1n) is 6.22. The molecule has 0 N–H and O–H groups in total. The van der Waals surface area contributed by atoms with Gasteiger partial charge in [0.25, 0.3) is 0 Å². The zero-order chi connectivity index (χ0) is 13.7. The van der Waals surface area contributed by atoms with Crippen molar-refractivity contribution in [1.82, 2.24) is 0 Å². The highest BCUT2D eigenvalue weighted by Crippen LogP contribution is 2.18. The maximum Gasteiger partial charge on any atom is 0.202 e. The van der Waals surface area contributed by atoms with Gasteiger partial charge in [0.1, 0.15) is 0 Å². The molecule has 0 amide bonds. The summed E-state index contributed by atoms with van der Waals surface area (Å²) in [5.41, 5.74) is 0. The third-order valence-electron chi connectivity index (χ3n) is 3.11. The Balaban J connectivity index is 1.85. The minimum absolute atomic E-state index is 0.258. The molecule has 4 nitrogen and oxygen atoms in total. The second kappa shape index (κ2) is 6.83. The predicted molar refractivity (Wildman–Crippen MR) is 75.7 cm³/mol. The van der Waals surface area contributed by atoms with Gasteiger partial charge in [-0.1, -0.05) is 15.9 Å². The molecule has 1 aromatic rings. The Bertz CT molecular complexity index is 492. The molecule has 6 heteroatoms. The standard InChI is InChI=1S/C13H17BrO4S/c14-12-1-3-13(4-2-12)19(15,16)10-18-9-11-5-7-17-8-6-11/h1-4,11H,5-10H2.